The van der Waals surface area contributed by atoms with Crippen LogP contribution < -0.4 is 4.90 Å². The number of likely N-dealkylation sites (N-methyl/N-ethyl adjacent to an activating group) is 1. The fraction of sp³-hybridized carbons (Fsp3) is 0.407. The maximum Gasteiger partial charge on any atom is 0.257 e. The quantitative estimate of drug-likeness (QED) is 0.551. The highest BCUT2D eigenvalue weighted by Crippen LogP contribution is 2.31. The van der Waals surface area contributed by atoms with Crippen LogP contribution in [0.25, 0.3) is 11.3 Å². The second-order valence-corrected chi connectivity index (χ2v) is 9.98. The molecule has 5 nitrogen and oxygen atoms in total. The van der Waals surface area contributed by atoms with Gasteiger partial charge in [-0.1, -0.05) is 30.3 Å². The Morgan fingerprint density at radius 3 is 2.52 bits per heavy atom. The van der Waals surface area contributed by atoms with Crippen molar-refractivity contribution in [3.63, 3.8) is 0 Å². The van der Waals surface area contributed by atoms with Gasteiger partial charge in [0.2, 0.25) is 0 Å². The van der Waals surface area contributed by atoms with E-state index in [1.54, 1.807) is 11.3 Å². The number of amides is 1. The highest BCUT2D eigenvalue weighted by molar-refractivity contribution is 7.08. The van der Waals surface area contributed by atoms with Crippen molar-refractivity contribution in [3.05, 3.63) is 70.4 Å². The van der Waals surface area contributed by atoms with Gasteiger partial charge in [-0.25, -0.2) is 4.98 Å². The standard InChI is InChI=1S/C27H32N4OS/c1-29-15-17-30(18-16-29)26-24(9-10-25(28-26)23-12-19-33-20-23)27(32)31-13-5-8-22(11-14-31)21-6-3-2-4-7-21/h2-4,6-7,9-10,12,19-20,22H,5,8,11,13-18H2,1H3. The monoisotopic (exact) mass is 460 g/mol. The fourth-order valence-corrected chi connectivity index (χ4v) is 5.62. The van der Waals surface area contributed by atoms with Gasteiger partial charge in [0.15, 0.2) is 0 Å². The first-order valence-electron chi connectivity index (χ1n) is 12.0. The number of likely N-dealkylation sites (tertiary alicyclic amines) is 1. The summed E-state index contributed by atoms with van der Waals surface area (Å²) in [4.78, 5) is 25.5. The molecule has 33 heavy (non-hydrogen) atoms. The summed E-state index contributed by atoms with van der Waals surface area (Å²) < 4.78 is 0. The number of aromatic nitrogens is 1. The maximum absolute atomic E-state index is 13.8. The van der Waals surface area contributed by atoms with Gasteiger partial charge in [0.25, 0.3) is 5.91 Å². The first-order chi connectivity index (χ1) is 16.2. The normalized spacial score (nSPS) is 20.0. The van der Waals surface area contributed by atoms with Crippen LogP contribution in [0.5, 0.6) is 0 Å². The average molecular weight is 461 g/mol. The molecule has 3 aromatic rings. The van der Waals surface area contributed by atoms with E-state index in [1.807, 2.05) is 12.1 Å². The number of anilines is 1. The molecule has 4 heterocycles. The summed E-state index contributed by atoms with van der Waals surface area (Å²) in [6, 6.07) is 16.9. The second kappa shape index (κ2) is 10.1. The Bertz CT molecular complexity index is 1060. The van der Waals surface area contributed by atoms with Crippen molar-refractivity contribution in [3.8, 4) is 11.3 Å². The number of hydrogen-bond acceptors (Lipinski definition) is 5. The van der Waals surface area contributed by atoms with Crippen LogP contribution in [0.4, 0.5) is 5.82 Å². The molecule has 2 aromatic heterocycles. The molecule has 2 saturated heterocycles. The Morgan fingerprint density at radius 2 is 1.76 bits per heavy atom. The number of piperazine rings is 1. The van der Waals surface area contributed by atoms with E-state index in [4.69, 9.17) is 4.98 Å². The van der Waals surface area contributed by atoms with Crippen molar-refractivity contribution in [2.24, 2.45) is 0 Å². The van der Waals surface area contributed by atoms with Crippen molar-refractivity contribution in [1.29, 1.82) is 0 Å². The lowest BCUT2D eigenvalue weighted by Crippen LogP contribution is -2.45. The van der Waals surface area contributed by atoms with E-state index < -0.39 is 0 Å². The molecule has 0 spiro atoms. The van der Waals surface area contributed by atoms with E-state index in [9.17, 15) is 4.79 Å². The summed E-state index contributed by atoms with van der Waals surface area (Å²) in [6.07, 6.45) is 3.18. The molecule has 0 N–H and O–H groups in total. The smallest absolute Gasteiger partial charge is 0.257 e. The van der Waals surface area contributed by atoms with Crippen LogP contribution in [-0.2, 0) is 0 Å². The SMILES string of the molecule is CN1CCN(c2nc(-c3ccsc3)ccc2C(=O)N2CCCC(c3ccccc3)CC2)CC1. The highest BCUT2D eigenvalue weighted by atomic mass is 32.1. The Labute approximate surface area is 200 Å². The lowest BCUT2D eigenvalue weighted by molar-refractivity contribution is 0.0761. The number of carbonyl (C=O) groups is 1. The van der Waals surface area contributed by atoms with Crippen LogP contribution in [0.3, 0.4) is 0 Å². The van der Waals surface area contributed by atoms with Gasteiger partial charge in [-0.15, -0.1) is 0 Å². The molecule has 1 amide bonds. The predicted octanol–water partition coefficient (Wildman–Crippen LogP) is 4.97. The van der Waals surface area contributed by atoms with Gasteiger partial charge in [0.05, 0.1) is 11.3 Å². The van der Waals surface area contributed by atoms with E-state index in [0.717, 1.165) is 81.2 Å². The molecule has 2 fully saturated rings. The first kappa shape index (κ1) is 22.1. The van der Waals surface area contributed by atoms with E-state index in [0.29, 0.717) is 5.92 Å². The molecular weight excluding hydrogens is 428 g/mol. The molecule has 0 radical (unpaired) electrons. The number of pyridine rings is 1. The van der Waals surface area contributed by atoms with Crippen LogP contribution >= 0.6 is 11.3 Å². The van der Waals surface area contributed by atoms with Crippen molar-refractivity contribution < 1.29 is 4.79 Å². The van der Waals surface area contributed by atoms with E-state index in [2.05, 4.69) is 68.9 Å². The van der Waals surface area contributed by atoms with E-state index >= 15 is 0 Å². The fourth-order valence-electron chi connectivity index (χ4n) is 4.97. The summed E-state index contributed by atoms with van der Waals surface area (Å²) in [5.74, 6) is 1.50. The summed E-state index contributed by atoms with van der Waals surface area (Å²) in [5.41, 5.74) is 4.21. The molecule has 5 rings (SSSR count). The number of thiophene rings is 1. The average Bonchev–Trinajstić information content (AvgIpc) is 3.29. The van der Waals surface area contributed by atoms with Gasteiger partial charge in [-0.05, 0) is 61.4 Å². The van der Waals surface area contributed by atoms with Crippen molar-refractivity contribution >= 4 is 23.1 Å². The van der Waals surface area contributed by atoms with Gasteiger partial charge in [-0.2, -0.15) is 11.3 Å². The summed E-state index contributed by atoms with van der Waals surface area (Å²) in [7, 11) is 2.15. The molecule has 2 aliphatic heterocycles. The van der Waals surface area contributed by atoms with E-state index in [-0.39, 0.29) is 5.91 Å². The second-order valence-electron chi connectivity index (χ2n) is 9.20. The molecule has 0 bridgehead atoms. The Balaban J connectivity index is 1.39. The Kier molecular flexibility index (Phi) is 6.74. The summed E-state index contributed by atoms with van der Waals surface area (Å²) in [5, 5.41) is 4.20. The minimum absolute atomic E-state index is 0.127. The first-order valence-corrected chi connectivity index (χ1v) is 12.9. The van der Waals surface area contributed by atoms with Gasteiger partial charge >= 0.3 is 0 Å². The third kappa shape index (κ3) is 4.97. The molecule has 0 saturated carbocycles. The molecule has 1 aromatic carbocycles. The van der Waals surface area contributed by atoms with Gasteiger partial charge in [0.1, 0.15) is 5.82 Å². The van der Waals surface area contributed by atoms with Crippen LogP contribution in [0, 0.1) is 0 Å². The number of rotatable bonds is 4. The highest BCUT2D eigenvalue weighted by Gasteiger charge is 2.27. The topological polar surface area (TPSA) is 39.7 Å². The van der Waals surface area contributed by atoms with Crippen LogP contribution in [0.2, 0.25) is 0 Å². The number of benzene rings is 1. The number of carbonyl (C=O) groups excluding carboxylic acids is 1. The van der Waals surface area contributed by atoms with Gasteiger partial charge in [-0.3, -0.25) is 4.79 Å². The Hall–Kier alpha value is -2.70. The predicted molar refractivity (Wildman–Crippen MR) is 136 cm³/mol. The lowest BCUT2D eigenvalue weighted by Gasteiger charge is -2.34. The number of nitrogens with zero attached hydrogens (tertiary/aromatic N) is 4. The zero-order valence-corrected chi connectivity index (χ0v) is 20.1. The molecular formula is C27H32N4OS. The molecule has 172 valence electrons. The van der Waals surface area contributed by atoms with Crippen LogP contribution in [-0.4, -0.2) is 67.0 Å². The van der Waals surface area contributed by atoms with E-state index in [1.165, 1.54) is 5.56 Å². The molecule has 6 heteroatoms. The van der Waals surface area contributed by atoms with Crippen molar-refractivity contribution in [1.82, 2.24) is 14.8 Å². The summed E-state index contributed by atoms with van der Waals surface area (Å²) >= 11 is 1.67. The largest absolute Gasteiger partial charge is 0.353 e. The molecule has 0 aliphatic carbocycles. The summed E-state index contributed by atoms with van der Waals surface area (Å²) in [6.45, 7) is 5.38. The van der Waals surface area contributed by atoms with Crippen LogP contribution in [0.15, 0.2) is 59.3 Å². The molecule has 2 aliphatic rings. The van der Waals surface area contributed by atoms with Gasteiger partial charge < -0.3 is 14.7 Å². The van der Waals surface area contributed by atoms with Gasteiger partial charge in [0, 0.05) is 50.2 Å². The maximum atomic E-state index is 13.8. The lowest BCUT2D eigenvalue weighted by atomic mass is 9.92. The minimum atomic E-state index is 0.127. The minimum Gasteiger partial charge on any atom is -0.353 e. The zero-order chi connectivity index (χ0) is 22.6. The van der Waals surface area contributed by atoms with Crippen molar-refractivity contribution in [2.75, 3.05) is 51.2 Å². The molecule has 1 unspecified atom stereocenters. The van der Waals surface area contributed by atoms with Crippen LogP contribution in [0.1, 0.15) is 41.1 Å². The third-order valence-electron chi connectivity index (χ3n) is 7.01. The third-order valence-corrected chi connectivity index (χ3v) is 7.69. The zero-order valence-electron chi connectivity index (χ0n) is 19.3. The van der Waals surface area contributed by atoms with Crippen molar-refractivity contribution in [2.45, 2.75) is 25.2 Å². The Morgan fingerprint density at radius 1 is 0.939 bits per heavy atom. The number of hydrogen-bond donors (Lipinski definition) is 0. The molecule has 1 atom stereocenters.